The van der Waals surface area contributed by atoms with Crippen molar-refractivity contribution < 1.29 is 19.1 Å². The fraction of sp³-hybridized carbons (Fsp3) is 0.850. The van der Waals surface area contributed by atoms with Crippen LogP contribution in [-0.4, -0.2) is 30.0 Å². The molecule has 0 aromatic rings. The summed E-state index contributed by atoms with van der Waals surface area (Å²) in [5.74, 6) is 2.94. The van der Waals surface area contributed by atoms with Crippen LogP contribution in [0.25, 0.3) is 0 Å². The molecule has 5 rings (SSSR count). The van der Waals surface area contributed by atoms with E-state index in [1.165, 1.54) is 56.9 Å². The maximum absolute atomic E-state index is 13.3. The number of rotatable bonds is 9. The zero-order valence-corrected chi connectivity index (χ0v) is 31.5. The Hall–Kier alpha value is -1.10. The highest BCUT2D eigenvalue weighted by molar-refractivity contribution is 9.09. The van der Waals surface area contributed by atoms with E-state index in [4.69, 9.17) is 9.47 Å². The monoisotopic (exact) mass is 686 g/mol. The molecule has 5 heteroatoms. The number of carbonyl (C=O) groups is 2. The Balaban J connectivity index is 1.33. The molecule has 0 bridgehead atoms. The fourth-order valence-electron chi connectivity index (χ4n) is 13.0. The Labute approximate surface area is 283 Å². The lowest BCUT2D eigenvalue weighted by Gasteiger charge is -2.73. The fourth-order valence-corrected chi connectivity index (χ4v) is 13.9. The second-order valence-corrected chi connectivity index (χ2v) is 19.1. The summed E-state index contributed by atoms with van der Waals surface area (Å²) in [5, 5.41) is 1.14. The average molecular weight is 688 g/mol. The Morgan fingerprint density at radius 3 is 2.20 bits per heavy atom. The number of ether oxygens (including phenoxy) is 2. The minimum Gasteiger partial charge on any atom is -0.462 e. The van der Waals surface area contributed by atoms with Crippen LogP contribution in [-0.2, 0) is 19.1 Å². The first kappa shape index (κ1) is 35.2. The van der Waals surface area contributed by atoms with Gasteiger partial charge in [0.25, 0.3) is 0 Å². The van der Waals surface area contributed by atoms with E-state index < -0.39 is 5.41 Å². The van der Waals surface area contributed by atoms with Gasteiger partial charge in [-0.1, -0.05) is 89.2 Å². The molecular formula is C40H63BrO4. The molecular weight excluding hydrogens is 624 g/mol. The number of allylic oxidation sites excluding steroid dienone is 1. The van der Waals surface area contributed by atoms with E-state index in [0.717, 1.165) is 30.0 Å². The summed E-state index contributed by atoms with van der Waals surface area (Å²) >= 11 is 4.04. The summed E-state index contributed by atoms with van der Waals surface area (Å²) < 4.78 is 11.5. The molecule has 0 heterocycles. The molecule has 0 aromatic carbocycles. The number of alkyl halides is 1. The third-order valence-electron chi connectivity index (χ3n) is 15.3. The highest BCUT2D eigenvalue weighted by Crippen LogP contribution is 2.77. The van der Waals surface area contributed by atoms with Crippen molar-refractivity contribution >= 4 is 27.9 Å². The van der Waals surface area contributed by atoms with Crippen LogP contribution in [0.2, 0.25) is 0 Å². The van der Waals surface area contributed by atoms with Crippen LogP contribution < -0.4 is 0 Å². The van der Waals surface area contributed by atoms with Gasteiger partial charge in [0.1, 0.15) is 12.7 Å². The second-order valence-electron chi connectivity index (χ2n) is 18.5. The maximum Gasteiger partial charge on any atom is 0.306 e. The van der Waals surface area contributed by atoms with Crippen LogP contribution >= 0.6 is 15.9 Å². The highest BCUT2D eigenvalue weighted by atomic mass is 79.9. The summed E-state index contributed by atoms with van der Waals surface area (Å²) in [4.78, 5) is 25.6. The molecule has 45 heavy (non-hydrogen) atoms. The zero-order valence-electron chi connectivity index (χ0n) is 29.9. The van der Waals surface area contributed by atoms with E-state index in [0.29, 0.717) is 34.0 Å². The molecule has 5 aliphatic carbocycles. The number of carbonyl (C=O) groups excluding carboxylic acids is 2. The predicted octanol–water partition coefficient (Wildman–Crippen LogP) is 10.5. The third kappa shape index (κ3) is 5.63. The highest BCUT2D eigenvalue weighted by Gasteiger charge is 2.71. The van der Waals surface area contributed by atoms with Gasteiger partial charge in [0.2, 0.25) is 0 Å². The van der Waals surface area contributed by atoms with Crippen molar-refractivity contribution in [2.24, 2.45) is 62.1 Å². The molecule has 5 aliphatic rings. The van der Waals surface area contributed by atoms with Crippen molar-refractivity contribution in [3.05, 3.63) is 24.8 Å². The minimum absolute atomic E-state index is 0.0908. The van der Waals surface area contributed by atoms with E-state index in [9.17, 15) is 9.59 Å². The van der Waals surface area contributed by atoms with Gasteiger partial charge >= 0.3 is 11.9 Å². The molecule has 0 aromatic heterocycles. The van der Waals surface area contributed by atoms with Crippen LogP contribution in [0.5, 0.6) is 0 Å². The Morgan fingerprint density at radius 2 is 1.56 bits per heavy atom. The largest absolute Gasteiger partial charge is 0.462 e. The lowest BCUT2D eigenvalue weighted by molar-refractivity contribution is -0.249. The number of hydrogen-bond acceptors (Lipinski definition) is 4. The topological polar surface area (TPSA) is 52.6 Å². The molecule has 254 valence electrons. The lowest BCUT2D eigenvalue weighted by Crippen LogP contribution is -2.67. The smallest absolute Gasteiger partial charge is 0.306 e. The van der Waals surface area contributed by atoms with E-state index in [2.05, 4.69) is 70.6 Å². The van der Waals surface area contributed by atoms with Crippen molar-refractivity contribution in [2.75, 3.05) is 11.9 Å². The Bertz CT molecular complexity index is 1190. The maximum atomic E-state index is 13.3. The van der Waals surface area contributed by atoms with Crippen LogP contribution in [0.4, 0.5) is 0 Å². The third-order valence-corrected chi connectivity index (χ3v) is 16.4. The van der Waals surface area contributed by atoms with Crippen LogP contribution in [0, 0.1) is 62.1 Å². The first-order valence-corrected chi connectivity index (χ1v) is 19.2. The second kappa shape index (κ2) is 12.1. The van der Waals surface area contributed by atoms with Crippen molar-refractivity contribution in [2.45, 2.75) is 139 Å². The van der Waals surface area contributed by atoms with Gasteiger partial charge < -0.3 is 9.47 Å². The van der Waals surface area contributed by atoms with Crippen molar-refractivity contribution in [3.8, 4) is 0 Å². The lowest BCUT2D eigenvalue weighted by atomic mass is 9.32. The van der Waals surface area contributed by atoms with Gasteiger partial charge in [-0.2, -0.15) is 0 Å². The molecule has 0 radical (unpaired) electrons. The van der Waals surface area contributed by atoms with Crippen molar-refractivity contribution in [1.82, 2.24) is 0 Å². The molecule has 5 saturated carbocycles. The van der Waals surface area contributed by atoms with Gasteiger partial charge in [-0.05, 0) is 128 Å². The summed E-state index contributed by atoms with van der Waals surface area (Å²) in [5.41, 5.74) is 2.18. The van der Waals surface area contributed by atoms with E-state index in [1.54, 1.807) is 6.08 Å². The van der Waals surface area contributed by atoms with Gasteiger partial charge in [0.15, 0.2) is 0 Å². The molecule has 0 N–H and O–H groups in total. The molecule has 4 nitrogen and oxygen atoms in total. The van der Waals surface area contributed by atoms with Crippen LogP contribution in [0.15, 0.2) is 24.8 Å². The standard InChI is InChI=1S/C40H63BrO4/c1-11-22-44-32(42)23-35(4,5)24-33(43)45-31-16-17-37(8)29(36(31,6)7)15-18-39(10)30(37)13-12-28-34-27(26(2)3)14-19-40(34,25-41)21-20-38(28,39)9/h11,27-31,34H,1-2,12-25H2,3-10H3/t27?,28-,29?,30?,31+,34?,37+,38-,39-,40-/m1/s1. The number of hydrogen-bond donors (Lipinski definition) is 0. The summed E-state index contributed by atoms with van der Waals surface area (Å²) in [6, 6.07) is 0. The molecule has 0 spiro atoms. The van der Waals surface area contributed by atoms with E-state index in [1.807, 2.05) is 13.8 Å². The minimum atomic E-state index is -0.516. The van der Waals surface area contributed by atoms with Crippen LogP contribution in [0.1, 0.15) is 132 Å². The van der Waals surface area contributed by atoms with Crippen LogP contribution in [0.3, 0.4) is 0 Å². The number of esters is 2. The van der Waals surface area contributed by atoms with Crippen molar-refractivity contribution in [3.63, 3.8) is 0 Å². The summed E-state index contributed by atoms with van der Waals surface area (Å²) in [7, 11) is 0. The molecule has 0 saturated heterocycles. The first-order valence-electron chi connectivity index (χ1n) is 18.1. The quantitative estimate of drug-likeness (QED) is 0.138. The predicted molar refractivity (Wildman–Crippen MR) is 187 cm³/mol. The summed E-state index contributed by atoms with van der Waals surface area (Å²) in [6.45, 7) is 27.3. The molecule has 0 amide bonds. The zero-order chi connectivity index (χ0) is 33.2. The number of fused-ring (bicyclic) bond motifs is 7. The van der Waals surface area contributed by atoms with Gasteiger partial charge in [-0.3, -0.25) is 9.59 Å². The normalized spacial score (nSPS) is 43.6. The Kier molecular flexibility index (Phi) is 9.47. The van der Waals surface area contributed by atoms with Gasteiger partial charge in [-0.25, -0.2) is 0 Å². The van der Waals surface area contributed by atoms with Gasteiger partial charge in [0.05, 0.1) is 12.8 Å². The summed E-state index contributed by atoms with van der Waals surface area (Å²) in [6.07, 6.45) is 14.5. The average Bonchev–Trinajstić information content (AvgIpc) is 3.34. The number of halogens is 1. The van der Waals surface area contributed by atoms with Gasteiger partial charge in [-0.15, -0.1) is 0 Å². The van der Waals surface area contributed by atoms with E-state index in [-0.39, 0.29) is 48.3 Å². The molecule has 0 aliphatic heterocycles. The SMILES string of the molecule is C=CCOC(=O)CC(C)(C)CC(=O)O[C@H]1CC[C@@]2(C)C(CC[C@]3(C)C2CC[C@@H]2C4C(C(=C)C)CC[C@]4(CBr)CC[C@]23C)C1(C)C. The Morgan fingerprint density at radius 1 is 0.867 bits per heavy atom. The molecule has 5 fully saturated rings. The molecule has 10 atom stereocenters. The van der Waals surface area contributed by atoms with Crippen molar-refractivity contribution in [1.29, 1.82) is 0 Å². The van der Waals surface area contributed by atoms with E-state index >= 15 is 0 Å². The molecule has 4 unspecified atom stereocenters. The van der Waals surface area contributed by atoms with Gasteiger partial charge in [0, 0.05) is 10.7 Å². The first-order chi connectivity index (χ1) is 20.9.